The Morgan fingerprint density at radius 2 is 2.33 bits per heavy atom. The molecule has 0 radical (unpaired) electrons. The average Bonchev–Trinajstić information content (AvgIpc) is 2.63. The molecule has 100 valence electrons. The van der Waals surface area contributed by atoms with E-state index in [1.54, 1.807) is 4.68 Å². The van der Waals surface area contributed by atoms with Crippen molar-refractivity contribution in [2.75, 3.05) is 18.0 Å². The highest BCUT2D eigenvalue weighted by atomic mass is 16.3. The molecule has 3 N–H and O–H groups in total. The Hall–Kier alpha value is -1.56. The molecule has 0 aromatic carbocycles. The second-order valence-electron chi connectivity index (χ2n) is 4.86. The summed E-state index contributed by atoms with van der Waals surface area (Å²) in [6, 6.07) is 0. The maximum atomic E-state index is 11.3. The molecule has 1 aliphatic rings. The number of aryl methyl sites for hydroxylation is 2. The summed E-state index contributed by atoms with van der Waals surface area (Å²) < 4.78 is 1.77. The second-order valence-corrected chi connectivity index (χ2v) is 4.86. The molecule has 6 nitrogen and oxygen atoms in total. The van der Waals surface area contributed by atoms with Crippen molar-refractivity contribution in [1.29, 1.82) is 0 Å². The molecular formula is C12H20N4O2. The zero-order valence-electron chi connectivity index (χ0n) is 10.9. The fourth-order valence-corrected chi connectivity index (χ4v) is 2.67. The maximum Gasteiger partial charge on any atom is 0.222 e. The first-order valence-corrected chi connectivity index (χ1v) is 6.22. The summed E-state index contributed by atoms with van der Waals surface area (Å²) in [7, 11) is 1.86. The molecule has 1 atom stereocenters. The van der Waals surface area contributed by atoms with Crippen LogP contribution in [-0.4, -0.2) is 33.9 Å². The Morgan fingerprint density at radius 1 is 1.61 bits per heavy atom. The molecule has 1 fully saturated rings. The Labute approximate surface area is 106 Å². The number of amides is 1. The summed E-state index contributed by atoms with van der Waals surface area (Å²) in [5.74, 6) is 0.547. The Morgan fingerprint density at radius 3 is 2.94 bits per heavy atom. The van der Waals surface area contributed by atoms with E-state index in [2.05, 4.69) is 10.00 Å². The molecule has 1 saturated heterocycles. The largest absolute Gasteiger partial charge is 0.391 e. The van der Waals surface area contributed by atoms with E-state index in [9.17, 15) is 9.90 Å². The minimum absolute atomic E-state index is 0.0350. The number of carbonyl (C=O) groups excluding carboxylic acids is 1. The highest BCUT2D eigenvalue weighted by Crippen LogP contribution is 2.27. The monoisotopic (exact) mass is 252 g/mol. The van der Waals surface area contributed by atoms with Gasteiger partial charge in [0.25, 0.3) is 0 Å². The molecule has 1 aromatic rings. The minimum Gasteiger partial charge on any atom is -0.391 e. The van der Waals surface area contributed by atoms with Gasteiger partial charge in [0.2, 0.25) is 5.91 Å². The van der Waals surface area contributed by atoms with Crippen molar-refractivity contribution < 1.29 is 9.90 Å². The van der Waals surface area contributed by atoms with E-state index in [4.69, 9.17) is 5.73 Å². The highest BCUT2D eigenvalue weighted by Gasteiger charge is 2.27. The van der Waals surface area contributed by atoms with Gasteiger partial charge in [-0.25, -0.2) is 0 Å². The van der Waals surface area contributed by atoms with Crippen molar-refractivity contribution >= 4 is 11.7 Å². The zero-order valence-corrected chi connectivity index (χ0v) is 10.9. The normalized spacial score (nSPS) is 20.2. The maximum absolute atomic E-state index is 11.3. The van der Waals surface area contributed by atoms with Crippen LogP contribution < -0.4 is 10.6 Å². The van der Waals surface area contributed by atoms with Crippen LogP contribution in [0.2, 0.25) is 0 Å². The number of carbonyl (C=O) groups is 1. The lowest BCUT2D eigenvalue weighted by Gasteiger charge is -2.33. The van der Waals surface area contributed by atoms with Crippen molar-refractivity contribution in [3.8, 4) is 0 Å². The van der Waals surface area contributed by atoms with Crippen molar-refractivity contribution in [3.05, 3.63) is 11.3 Å². The first kappa shape index (κ1) is 12.9. The number of aliphatic hydroxyl groups excluding tert-OH is 1. The molecule has 1 aliphatic heterocycles. The van der Waals surface area contributed by atoms with Crippen LogP contribution in [0.5, 0.6) is 0 Å². The lowest BCUT2D eigenvalue weighted by atomic mass is 9.97. The van der Waals surface area contributed by atoms with E-state index >= 15 is 0 Å². The van der Waals surface area contributed by atoms with E-state index in [1.807, 2.05) is 14.0 Å². The summed E-state index contributed by atoms with van der Waals surface area (Å²) in [5, 5.41) is 13.8. The number of hydrogen-bond donors (Lipinski definition) is 2. The topological polar surface area (TPSA) is 84.4 Å². The van der Waals surface area contributed by atoms with Crippen molar-refractivity contribution in [3.63, 3.8) is 0 Å². The number of aliphatic hydroxyl groups is 1. The molecule has 2 rings (SSSR count). The van der Waals surface area contributed by atoms with Crippen LogP contribution in [0.3, 0.4) is 0 Å². The molecule has 0 aliphatic carbocycles. The number of nitrogens with zero attached hydrogens (tertiary/aromatic N) is 3. The number of aromatic nitrogens is 2. The molecule has 1 aromatic heterocycles. The Bertz CT molecular complexity index is 455. The van der Waals surface area contributed by atoms with E-state index in [1.165, 1.54) is 0 Å². The number of rotatable bonds is 3. The van der Waals surface area contributed by atoms with E-state index < -0.39 is 0 Å². The molecule has 1 unspecified atom stereocenters. The Kier molecular flexibility index (Phi) is 3.56. The van der Waals surface area contributed by atoms with Crippen LogP contribution in [0, 0.1) is 12.8 Å². The lowest BCUT2D eigenvalue weighted by Crippen LogP contribution is -2.42. The SMILES string of the molecule is Cc1nn(C)c(N2CCCC(C(N)=O)C2)c1CO. The molecule has 1 amide bonds. The smallest absolute Gasteiger partial charge is 0.222 e. The van der Waals surface area contributed by atoms with Crippen LogP contribution in [0.25, 0.3) is 0 Å². The number of primary amides is 1. The quantitative estimate of drug-likeness (QED) is 0.788. The van der Waals surface area contributed by atoms with Crippen LogP contribution in [-0.2, 0) is 18.4 Å². The number of hydrogen-bond acceptors (Lipinski definition) is 4. The predicted octanol–water partition coefficient (Wildman–Crippen LogP) is -0.0775. The van der Waals surface area contributed by atoms with Crippen LogP contribution in [0.1, 0.15) is 24.1 Å². The third-order valence-electron chi connectivity index (χ3n) is 3.59. The number of piperidine rings is 1. The van der Waals surface area contributed by atoms with Crippen LogP contribution >= 0.6 is 0 Å². The molecule has 6 heteroatoms. The highest BCUT2D eigenvalue weighted by molar-refractivity contribution is 5.77. The second kappa shape index (κ2) is 4.97. The molecule has 0 spiro atoms. The fraction of sp³-hybridized carbons (Fsp3) is 0.667. The average molecular weight is 252 g/mol. The van der Waals surface area contributed by atoms with Gasteiger partial charge in [-0.15, -0.1) is 0 Å². The van der Waals surface area contributed by atoms with Crippen molar-refractivity contribution in [2.24, 2.45) is 18.7 Å². The summed E-state index contributed by atoms with van der Waals surface area (Å²) >= 11 is 0. The van der Waals surface area contributed by atoms with Gasteiger partial charge < -0.3 is 15.7 Å². The van der Waals surface area contributed by atoms with Gasteiger partial charge in [-0.2, -0.15) is 5.10 Å². The fourth-order valence-electron chi connectivity index (χ4n) is 2.67. The van der Waals surface area contributed by atoms with Gasteiger partial charge in [0.05, 0.1) is 18.2 Å². The number of nitrogens with two attached hydrogens (primary N) is 1. The van der Waals surface area contributed by atoms with Gasteiger partial charge in [0, 0.05) is 25.7 Å². The van der Waals surface area contributed by atoms with Gasteiger partial charge in [-0.05, 0) is 19.8 Å². The van der Waals surface area contributed by atoms with Crippen LogP contribution in [0.15, 0.2) is 0 Å². The molecule has 2 heterocycles. The standard InChI is InChI=1S/C12H20N4O2/c1-8-10(7-17)12(15(2)14-8)16-5-3-4-9(6-16)11(13)18/h9,17H,3-7H2,1-2H3,(H2,13,18). The van der Waals surface area contributed by atoms with Crippen LogP contribution in [0.4, 0.5) is 5.82 Å². The van der Waals surface area contributed by atoms with Gasteiger partial charge in [-0.1, -0.05) is 0 Å². The molecular weight excluding hydrogens is 232 g/mol. The summed E-state index contributed by atoms with van der Waals surface area (Å²) in [6.45, 7) is 3.33. The van der Waals surface area contributed by atoms with E-state index in [0.29, 0.717) is 6.54 Å². The molecule has 18 heavy (non-hydrogen) atoms. The third kappa shape index (κ3) is 2.20. The zero-order chi connectivity index (χ0) is 13.3. The molecule has 0 bridgehead atoms. The van der Waals surface area contributed by atoms with Crippen molar-refractivity contribution in [2.45, 2.75) is 26.4 Å². The van der Waals surface area contributed by atoms with Gasteiger partial charge >= 0.3 is 0 Å². The van der Waals surface area contributed by atoms with Gasteiger partial charge in [-0.3, -0.25) is 9.48 Å². The third-order valence-corrected chi connectivity index (χ3v) is 3.59. The summed E-state index contributed by atoms with van der Waals surface area (Å²) in [5.41, 5.74) is 7.05. The van der Waals surface area contributed by atoms with Gasteiger partial charge in [0.15, 0.2) is 0 Å². The Balaban J connectivity index is 2.28. The minimum atomic E-state index is -0.246. The first-order chi connectivity index (χ1) is 8.54. The van der Waals surface area contributed by atoms with Gasteiger partial charge in [0.1, 0.15) is 5.82 Å². The van der Waals surface area contributed by atoms with E-state index in [0.717, 1.165) is 36.5 Å². The van der Waals surface area contributed by atoms with Crippen molar-refractivity contribution in [1.82, 2.24) is 9.78 Å². The summed E-state index contributed by atoms with van der Waals surface area (Å²) in [4.78, 5) is 13.4. The number of anilines is 1. The first-order valence-electron chi connectivity index (χ1n) is 6.22. The lowest BCUT2D eigenvalue weighted by molar-refractivity contribution is -0.122. The van der Waals surface area contributed by atoms with E-state index in [-0.39, 0.29) is 18.4 Å². The predicted molar refractivity (Wildman–Crippen MR) is 68.0 cm³/mol. The molecule has 0 saturated carbocycles. The summed E-state index contributed by atoms with van der Waals surface area (Å²) in [6.07, 6.45) is 1.78.